The average Bonchev–Trinajstić information content (AvgIpc) is 3.12. The molecule has 0 N–H and O–H groups in total. The highest BCUT2D eigenvalue weighted by atomic mass is 32.2. The molecule has 4 rings (SSSR count). The number of carbonyl (C=O) groups is 2. The van der Waals surface area contributed by atoms with Gasteiger partial charge in [0.25, 0.3) is 0 Å². The van der Waals surface area contributed by atoms with Gasteiger partial charge in [-0.15, -0.1) is 0 Å². The molecule has 9 heteroatoms. The van der Waals surface area contributed by atoms with Crippen LogP contribution in [0.25, 0.3) is 6.08 Å². The van der Waals surface area contributed by atoms with E-state index in [0.717, 1.165) is 25.7 Å². The van der Waals surface area contributed by atoms with Crippen LogP contribution in [0, 0.1) is 0 Å². The van der Waals surface area contributed by atoms with Gasteiger partial charge in [-0.05, 0) is 54.8 Å². The van der Waals surface area contributed by atoms with E-state index in [1.54, 1.807) is 34.6 Å². The van der Waals surface area contributed by atoms with Crippen molar-refractivity contribution in [1.82, 2.24) is 4.31 Å². The van der Waals surface area contributed by atoms with Crippen LogP contribution in [0.3, 0.4) is 0 Å². The van der Waals surface area contributed by atoms with Crippen molar-refractivity contribution >= 4 is 27.9 Å². The SMILES string of the molecule is O=C(/C=C/c1ccc(S(=O)(=O)N2CCCCCC2)cc1)OCC(=O)c1ccc2c(c1)OCO2. The van der Waals surface area contributed by atoms with Gasteiger partial charge in [-0.3, -0.25) is 4.79 Å². The van der Waals surface area contributed by atoms with Crippen LogP contribution in [0.5, 0.6) is 11.5 Å². The normalized spacial score (nSPS) is 16.5. The molecule has 33 heavy (non-hydrogen) atoms. The standard InChI is InChI=1S/C24H25NO7S/c26-21(19-8-11-22-23(15-19)32-17-31-22)16-30-24(27)12-7-18-5-9-20(10-6-18)33(28,29)25-13-3-1-2-4-14-25/h5-12,15H,1-4,13-14,16-17H2/b12-7+. The maximum atomic E-state index is 12.8. The van der Waals surface area contributed by atoms with Crippen molar-refractivity contribution in [3.63, 3.8) is 0 Å². The van der Waals surface area contributed by atoms with Gasteiger partial charge < -0.3 is 14.2 Å². The largest absolute Gasteiger partial charge is 0.454 e. The van der Waals surface area contributed by atoms with Crippen LogP contribution in [0.1, 0.15) is 41.6 Å². The molecule has 0 spiro atoms. The molecule has 174 valence electrons. The van der Waals surface area contributed by atoms with Crippen LogP contribution < -0.4 is 9.47 Å². The lowest BCUT2D eigenvalue weighted by Gasteiger charge is -2.19. The Bertz CT molecular complexity index is 1150. The Hall–Kier alpha value is -3.17. The Morgan fingerprint density at radius 2 is 1.64 bits per heavy atom. The average molecular weight is 472 g/mol. The minimum absolute atomic E-state index is 0.109. The Labute approximate surface area is 192 Å². The fourth-order valence-corrected chi connectivity index (χ4v) is 5.20. The lowest BCUT2D eigenvalue weighted by Crippen LogP contribution is -2.31. The smallest absolute Gasteiger partial charge is 0.331 e. The zero-order valence-corrected chi connectivity index (χ0v) is 18.9. The van der Waals surface area contributed by atoms with Gasteiger partial charge in [-0.2, -0.15) is 4.31 Å². The van der Waals surface area contributed by atoms with E-state index in [2.05, 4.69) is 0 Å². The van der Waals surface area contributed by atoms with Crippen molar-refractivity contribution in [3.05, 3.63) is 59.7 Å². The van der Waals surface area contributed by atoms with Crippen molar-refractivity contribution in [2.45, 2.75) is 30.6 Å². The third-order valence-electron chi connectivity index (χ3n) is 5.53. The summed E-state index contributed by atoms with van der Waals surface area (Å²) in [6.45, 7) is 0.787. The quantitative estimate of drug-likeness (QED) is 0.347. The van der Waals surface area contributed by atoms with E-state index in [1.165, 1.54) is 24.3 Å². The first-order valence-electron chi connectivity index (χ1n) is 10.8. The molecule has 0 amide bonds. The third kappa shape index (κ3) is 5.61. The Kier molecular flexibility index (Phi) is 7.10. The van der Waals surface area contributed by atoms with Crippen LogP contribution in [0.4, 0.5) is 0 Å². The zero-order valence-electron chi connectivity index (χ0n) is 18.1. The molecule has 0 radical (unpaired) electrons. The van der Waals surface area contributed by atoms with Crippen LogP contribution in [-0.4, -0.2) is 51.0 Å². The topological polar surface area (TPSA) is 99.2 Å². The van der Waals surface area contributed by atoms with Crippen molar-refractivity contribution in [1.29, 1.82) is 0 Å². The first kappa shape index (κ1) is 23.0. The van der Waals surface area contributed by atoms with Crippen molar-refractivity contribution < 1.29 is 32.2 Å². The molecule has 0 saturated carbocycles. The molecule has 0 bridgehead atoms. The number of hydrogen-bond acceptors (Lipinski definition) is 7. The van der Waals surface area contributed by atoms with Crippen LogP contribution in [0.2, 0.25) is 0 Å². The van der Waals surface area contributed by atoms with Crippen molar-refractivity contribution in [2.75, 3.05) is 26.5 Å². The number of ether oxygens (including phenoxy) is 3. The highest BCUT2D eigenvalue weighted by Crippen LogP contribution is 2.32. The van der Waals surface area contributed by atoms with Gasteiger partial charge in [0.05, 0.1) is 4.90 Å². The number of ketones is 1. The fourth-order valence-electron chi connectivity index (χ4n) is 3.68. The molecule has 1 saturated heterocycles. The summed E-state index contributed by atoms with van der Waals surface area (Å²) in [5.74, 6) is 0.00794. The predicted molar refractivity (Wildman–Crippen MR) is 121 cm³/mol. The number of fused-ring (bicyclic) bond motifs is 1. The van der Waals surface area contributed by atoms with Gasteiger partial charge in [0.2, 0.25) is 16.8 Å². The van der Waals surface area contributed by atoms with Crippen LogP contribution in [0.15, 0.2) is 53.4 Å². The second-order valence-corrected chi connectivity index (χ2v) is 9.76. The molecular formula is C24H25NO7S. The highest BCUT2D eigenvalue weighted by molar-refractivity contribution is 7.89. The van der Waals surface area contributed by atoms with E-state index in [4.69, 9.17) is 14.2 Å². The molecule has 1 fully saturated rings. The summed E-state index contributed by atoms with van der Waals surface area (Å²) in [5, 5.41) is 0. The third-order valence-corrected chi connectivity index (χ3v) is 7.45. The summed E-state index contributed by atoms with van der Waals surface area (Å²) in [5.41, 5.74) is 1.00. The molecule has 0 aliphatic carbocycles. The molecule has 2 heterocycles. The fraction of sp³-hybridized carbons (Fsp3) is 0.333. The summed E-state index contributed by atoms with van der Waals surface area (Å²) in [6.07, 6.45) is 6.56. The first-order valence-corrected chi connectivity index (χ1v) is 12.3. The summed E-state index contributed by atoms with van der Waals surface area (Å²) in [4.78, 5) is 24.5. The van der Waals surface area contributed by atoms with Gasteiger partial charge in [0, 0.05) is 24.7 Å². The Morgan fingerprint density at radius 3 is 2.36 bits per heavy atom. The van der Waals surface area contributed by atoms with Gasteiger partial charge in [0.1, 0.15) is 0 Å². The molecule has 2 aliphatic heterocycles. The number of nitrogens with zero attached hydrogens (tertiary/aromatic N) is 1. The lowest BCUT2D eigenvalue weighted by molar-refractivity contribution is -0.136. The van der Waals surface area contributed by atoms with E-state index in [9.17, 15) is 18.0 Å². The second-order valence-electron chi connectivity index (χ2n) is 7.82. The van der Waals surface area contributed by atoms with Crippen LogP contribution in [-0.2, 0) is 19.6 Å². The number of esters is 1. The lowest BCUT2D eigenvalue weighted by atomic mass is 10.1. The zero-order chi connectivity index (χ0) is 23.3. The Morgan fingerprint density at radius 1 is 0.939 bits per heavy atom. The summed E-state index contributed by atoms with van der Waals surface area (Å²) < 4.78 is 42.7. The number of benzene rings is 2. The van der Waals surface area contributed by atoms with Gasteiger partial charge >= 0.3 is 5.97 Å². The number of Topliss-reactive ketones (excluding diaryl/α,β-unsaturated/α-hetero) is 1. The summed E-state index contributed by atoms with van der Waals surface area (Å²) >= 11 is 0. The minimum Gasteiger partial charge on any atom is -0.454 e. The number of sulfonamides is 1. The van der Waals surface area contributed by atoms with E-state index >= 15 is 0 Å². The van der Waals surface area contributed by atoms with E-state index in [-0.39, 0.29) is 17.5 Å². The van der Waals surface area contributed by atoms with Gasteiger partial charge in [-0.25, -0.2) is 13.2 Å². The maximum absolute atomic E-state index is 12.8. The van der Waals surface area contributed by atoms with Crippen LogP contribution >= 0.6 is 0 Å². The Balaban J connectivity index is 1.31. The molecule has 2 aromatic rings. The number of hydrogen-bond donors (Lipinski definition) is 0. The molecule has 2 aliphatic rings. The number of carbonyl (C=O) groups excluding carboxylic acids is 2. The summed E-state index contributed by atoms with van der Waals surface area (Å²) in [6, 6.07) is 11.1. The second kappa shape index (κ2) is 10.2. The van der Waals surface area contributed by atoms with Crippen molar-refractivity contribution in [2.24, 2.45) is 0 Å². The predicted octanol–water partition coefficient (Wildman–Crippen LogP) is 3.42. The molecule has 2 aromatic carbocycles. The molecular weight excluding hydrogens is 446 g/mol. The summed E-state index contributed by atoms with van der Waals surface area (Å²) in [7, 11) is -3.52. The molecule has 0 aromatic heterocycles. The monoisotopic (exact) mass is 471 g/mol. The molecule has 0 atom stereocenters. The van der Waals surface area contributed by atoms with Gasteiger partial charge in [0.15, 0.2) is 23.9 Å². The van der Waals surface area contributed by atoms with E-state index in [1.807, 2.05) is 0 Å². The van der Waals surface area contributed by atoms with E-state index < -0.39 is 22.6 Å². The highest BCUT2D eigenvalue weighted by Gasteiger charge is 2.24. The van der Waals surface area contributed by atoms with Crippen molar-refractivity contribution in [3.8, 4) is 11.5 Å². The maximum Gasteiger partial charge on any atom is 0.331 e. The van der Waals surface area contributed by atoms with Gasteiger partial charge in [-0.1, -0.05) is 25.0 Å². The van der Waals surface area contributed by atoms with E-state index in [0.29, 0.717) is 35.7 Å². The first-order chi connectivity index (χ1) is 15.9. The molecule has 0 unspecified atom stereocenters. The number of rotatable bonds is 7. The minimum atomic E-state index is -3.52. The molecule has 8 nitrogen and oxygen atoms in total.